The monoisotopic (exact) mass is 583 g/mol. The molecule has 1 aromatic heterocycles. The van der Waals surface area contributed by atoms with Crippen molar-refractivity contribution in [3.05, 3.63) is 70.9 Å². The molecule has 1 amide bonds. The molecule has 3 aliphatic rings. The van der Waals surface area contributed by atoms with Crippen molar-refractivity contribution in [1.29, 1.82) is 0 Å². The van der Waals surface area contributed by atoms with Gasteiger partial charge in [0.1, 0.15) is 0 Å². The van der Waals surface area contributed by atoms with E-state index < -0.39 is 0 Å². The molecule has 0 radical (unpaired) electrons. The number of rotatable bonds is 5. The predicted octanol–water partition coefficient (Wildman–Crippen LogP) is 7.56. The molecule has 0 saturated heterocycles. The number of nitrogens with one attached hydrogen (secondary N) is 1. The van der Waals surface area contributed by atoms with Gasteiger partial charge < -0.3 is 9.80 Å². The minimum Gasteiger partial charge on any atom is -0.333 e. The zero-order valence-corrected chi connectivity index (χ0v) is 26.8. The Hall–Kier alpha value is -2.90. The SMILES string of the molecule is Cc1cccc(C)c1-c1cc2nc(n1)NSc1cccc(c1)C(=O)N(C1CC3(CC(N(C)C)C3)C1)C(CC(C)C)CC2. The highest BCUT2D eigenvalue weighted by Gasteiger charge is 2.56. The number of amides is 1. The van der Waals surface area contributed by atoms with Crippen molar-refractivity contribution in [2.45, 2.75) is 95.7 Å². The van der Waals surface area contributed by atoms with Crippen LogP contribution in [0.2, 0.25) is 0 Å². The van der Waals surface area contributed by atoms with Crippen LogP contribution >= 0.6 is 11.9 Å². The van der Waals surface area contributed by atoms with Crippen molar-refractivity contribution < 1.29 is 4.79 Å². The molecule has 1 N–H and O–H groups in total. The minimum absolute atomic E-state index is 0.164. The Morgan fingerprint density at radius 1 is 1.02 bits per heavy atom. The summed E-state index contributed by atoms with van der Waals surface area (Å²) < 4.78 is 3.40. The van der Waals surface area contributed by atoms with Crippen LogP contribution in [-0.4, -0.2) is 57.9 Å². The van der Waals surface area contributed by atoms with Gasteiger partial charge in [-0.05, 0) is 132 Å². The first-order chi connectivity index (χ1) is 20.1. The van der Waals surface area contributed by atoms with Gasteiger partial charge in [-0.1, -0.05) is 38.1 Å². The van der Waals surface area contributed by atoms with Crippen molar-refractivity contribution >= 4 is 23.8 Å². The number of carbonyl (C=O) groups is 1. The van der Waals surface area contributed by atoms with Gasteiger partial charge in [-0.2, -0.15) is 0 Å². The number of hydrogen-bond donors (Lipinski definition) is 1. The van der Waals surface area contributed by atoms with Crippen molar-refractivity contribution in [2.24, 2.45) is 11.3 Å². The molecule has 7 heteroatoms. The molecular formula is C35H45N5OS. The maximum absolute atomic E-state index is 14.4. The van der Waals surface area contributed by atoms with Crippen molar-refractivity contribution in [3.63, 3.8) is 0 Å². The van der Waals surface area contributed by atoms with Crippen LogP contribution in [0.15, 0.2) is 53.4 Å². The first kappa shape index (κ1) is 29.2. The lowest BCUT2D eigenvalue weighted by molar-refractivity contribution is -0.0953. The summed E-state index contributed by atoms with van der Waals surface area (Å²) in [6, 6.07) is 17.8. The summed E-state index contributed by atoms with van der Waals surface area (Å²) in [6.07, 6.45) is 7.46. The van der Waals surface area contributed by atoms with Crippen LogP contribution in [0.1, 0.15) is 79.6 Å². The van der Waals surface area contributed by atoms with Crippen LogP contribution in [0.5, 0.6) is 0 Å². The van der Waals surface area contributed by atoms with Gasteiger partial charge >= 0.3 is 0 Å². The zero-order chi connectivity index (χ0) is 29.6. The summed E-state index contributed by atoms with van der Waals surface area (Å²) in [5.41, 5.74) is 6.78. The Morgan fingerprint density at radius 3 is 2.43 bits per heavy atom. The molecule has 222 valence electrons. The van der Waals surface area contributed by atoms with Gasteiger partial charge in [0.15, 0.2) is 0 Å². The number of hydrogen-bond acceptors (Lipinski definition) is 6. The van der Waals surface area contributed by atoms with Gasteiger partial charge in [-0.3, -0.25) is 9.52 Å². The van der Waals surface area contributed by atoms with Crippen LogP contribution in [0.25, 0.3) is 11.3 Å². The fourth-order valence-electron chi connectivity index (χ4n) is 7.60. The Labute approximate surface area is 255 Å². The molecule has 3 aromatic rings. The van der Waals surface area contributed by atoms with Crippen LogP contribution in [0, 0.1) is 25.2 Å². The quantitative estimate of drug-likeness (QED) is 0.313. The first-order valence-electron chi connectivity index (χ1n) is 15.6. The second-order valence-corrected chi connectivity index (χ2v) is 14.6. The van der Waals surface area contributed by atoms with Crippen molar-refractivity contribution in [3.8, 4) is 11.3 Å². The average Bonchev–Trinajstić information content (AvgIpc) is 2.90. The van der Waals surface area contributed by atoms with Gasteiger partial charge in [0.2, 0.25) is 5.95 Å². The van der Waals surface area contributed by atoms with Gasteiger partial charge in [0.05, 0.1) is 5.69 Å². The maximum Gasteiger partial charge on any atom is 0.254 e. The van der Waals surface area contributed by atoms with E-state index in [-0.39, 0.29) is 11.9 Å². The summed E-state index contributed by atoms with van der Waals surface area (Å²) in [5, 5.41) is 0. The predicted molar refractivity (Wildman–Crippen MR) is 173 cm³/mol. The molecule has 42 heavy (non-hydrogen) atoms. The van der Waals surface area contributed by atoms with Gasteiger partial charge in [0, 0.05) is 39.8 Å². The fraction of sp³-hybridized carbons (Fsp3) is 0.514. The van der Waals surface area contributed by atoms with E-state index in [1.54, 1.807) is 0 Å². The number of nitrogens with zero attached hydrogens (tertiary/aromatic N) is 4. The van der Waals surface area contributed by atoms with E-state index in [4.69, 9.17) is 9.97 Å². The third kappa shape index (κ3) is 5.83. The lowest BCUT2D eigenvalue weighted by Gasteiger charge is -2.62. The molecular weight excluding hydrogens is 538 g/mol. The number of aryl methyl sites for hydroxylation is 3. The summed E-state index contributed by atoms with van der Waals surface area (Å²) in [4.78, 5) is 30.0. The Kier molecular flexibility index (Phi) is 8.09. The molecule has 6 nitrogen and oxygen atoms in total. The highest BCUT2D eigenvalue weighted by molar-refractivity contribution is 8.00. The Bertz CT molecular complexity index is 1440. The minimum atomic E-state index is 0.164. The molecule has 2 saturated carbocycles. The normalized spacial score (nSPS) is 25.8. The Balaban J connectivity index is 1.36. The second-order valence-electron chi connectivity index (χ2n) is 13.7. The highest BCUT2D eigenvalue weighted by atomic mass is 32.2. The van der Waals surface area contributed by atoms with Crippen LogP contribution in [-0.2, 0) is 6.42 Å². The number of aromatic nitrogens is 2. The Morgan fingerprint density at radius 2 is 1.74 bits per heavy atom. The molecule has 2 fully saturated rings. The van der Waals surface area contributed by atoms with Crippen molar-refractivity contribution in [2.75, 3.05) is 18.8 Å². The van der Waals surface area contributed by atoms with E-state index in [0.29, 0.717) is 29.4 Å². The van der Waals surface area contributed by atoms with Gasteiger partial charge in [0.25, 0.3) is 5.91 Å². The van der Waals surface area contributed by atoms with E-state index in [2.05, 4.69) is 80.6 Å². The second kappa shape index (κ2) is 11.6. The molecule has 1 unspecified atom stereocenters. The third-order valence-corrected chi connectivity index (χ3v) is 10.5. The average molecular weight is 584 g/mol. The van der Waals surface area contributed by atoms with E-state index in [1.165, 1.54) is 41.5 Å². The third-order valence-electron chi connectivity index (χ3n) is 9.76. The lowest BCUT2D eigenvalue weighted by atomic mass is 9.51. The van der Waals surface area contributed by atoms with Crippen LogP contribution < -0.4 is 4.72 Å². The number of carbonyl (C=O) groups excluding carboxylic acids is 1. The van der Waals surface area contributed by atoms with E-state index >= 15 is 0 Å². The first-order valence-corrected chi connectivity index (χ1v) is 16.4. The summed E-state index contributed by atoms with van der Waals surface area (Å²) in [6.45, 7) is 8.86. The number of benzene rings is 2. The molecule has 1 aliphatic heterocycles. The molecule has 2 aliphatic carbocycles. The molecule has 2 heterocycles. The van der Waals surface area contributed by atoms with E-state index in [0.717, 1.165) is 54.0 Å². The van der Waals surface area contributed by atoms with E-state index in [9.17, 15) is 4.79 Å². The summed E-state index contributed by atoms with van der Waals surface area (Å²) in [5.74, 6) is 1.29. The summed E-state index contributed by atoms with van der Waals surface area (Å²) in [7, 11) is 4.39. The lowest BCUT2D eigenvalue weighted by Crippen LogP contribution is -2.63. The molecule has 1 atom stereocenters. The standard InChI is InChI=1S/C35H45N5OS/c1-22(2)15-27-14-13-26-17-31(32-23(3)9-7-10-24(32)4)37-34(36-26)38-42-30-12-8-11-25(16-30)33(41)40(27)29-20-35(21-29)18-28(19-35)39(5)6/h7-12,16-17,22,27-29H,13-15,18-21H2,1-6H3,(H,36,37,38). The molecule has 4 bridgehead atoms. The molecule has 2 aromatic carbocycles. The van der Waals surface area contributed by atoms with Gasteiger partial charge in [-0.15, -0.1) is 0 Å². The maximum atomic E-state index is 14.4. The topological polar surface area (TPSA) is 61.4 Å². The van der Waals surface area contributed by atoms with E-state index in [1.807, 2.05) is 24.3 Å². The largest absolute Gasteiger partial charge is 0.333 e. The smallest absolute Gasteiger partial charge is 0.254 e. The zero-order valence-electron chi connectivity index (χ0n) is 26.0. The number of fused-ring (bicyclic) bond motifs is 4. The van der Waals surface area contributed by atoms with Crippen molar-refractivity contribution in [1.82, 2.24) is 19.8 Å². The van der Waals surface area contributed by atoms with Crippen LogP contribution in [0.4, 0.5) is 5.95 Å². The fourth-order valence-corrected chi connectivity index (χ4v) is 8.23. The number of anilines is 1. The molecule has 1 spiro atoms. The highest BCUT2D eigenvalue weighted by Crippen LogP contribution is 2.58. The van der Waals surface area contributed by atoms with Gasteiger partial charge in [-0.25, -0.2) is 9.97 Å². The van der Waals surface area contributed by atoms with Crippen LogP contribution in [0.3, 0.4) is 0 Å². The summed E-state index contributed by atoms with van der Waals surface area (Å²) >= 11 is 1.47. The molecule has 6 rings (SSSR count).